The van der Waals surface area contributed by atoms with Crippen molar-refractivity contribution in [3.63, 3.8) is 0 Å². The monoisotopic (exact) mass is 363 g/mol. The molecular formula is C22H22FN3O. The van der Waals surface area contributed by atoms with Crippen LogP contribution in [-0.2, 0) is 0 Å². The van der Waals surface area contributed by atoms with Gasteiger partial charge in [0.05, 0.1) is 5.69 Å². The van der Waals surface area contributed by atoms with Gasteiger partial charge in [-0.1, -0.05) is 36.9 Å². The van der Waals surface area contributed by atoms with Crippen molar-refractivity contribution >= 4 is 17.3 Å². The van der Waals surface area contributed by atoms with Crippen molar-refractivity contribution in [2.24, 2.45) is 4.99 Å². The van der Waals surface area contributed by atoms with E-state index in [9.17, 15) is 9.50 Å². The lowest BCUT2D eigenvalue weighted by Crippen LogP contribution is -2.45. The van der Waals surface area contributed by atoms with Crippen LogP contribution in [0.3, 0.4) is 0 Å². The van der Waals surface area contributed by atoms with E-state index in [4.69, 9.17) is 0 Å². The highest BCUT2D eigenvalue weighted by atomic mass is 19.1. The van der Waals surface area contributed by atoms with Gasteiger partial charge < -0.3 is 10.4 Å². The van der Waals surface area contributed by atoms with Gasteiger partial charge in [0.25, 0.3) is 0 Å². The number of aliphatic hydroxyl groups excluding tert-OH is 1. The van der Waals surface area contributed by atoms with Crippen LogP contribution in [0, 0.1) is 5.82 Å². The molecule has 2 N–H and O–H groups in total. The smallest absolute Gasteiger partial charge is 0.210 e. The molecule has 1 unspecified atom stereocenters. The molecule has 0 amide bonds. The van der Waals surface area contributed by atoms with Gasteiger partial charge in [0.15, 0.2) is 6.23 Å². The van der Waals surface area contributed by atoms with Gasteiger partial charge in [0.2, 0.25) is 5.96 Å². The van der Waals surface area contributed by atoms with E-state index in [-0.39, 0.29) is 0 Å². The van der Waals surface area contributed by atoms with Crippen molar-refractivity contribution < 1.29 is 9.50 Å². The molecule has 0 spiro atoms. The van der Waals surface area contributed by atoms with Crippen molar-refractivity contribution in [1.29, 1.82) is 0 Å². The van der Waals surface area contributed by atoms with Crippen molar-refractivity contribution in [2.75, 3.05) is 4.90 Å². The van der Waals surface area contributed by atoms with Crippen LogP contribution in [0.2, 0.25) is 0 Å². The number of nitrogens with zero attached hydrogens (tertiary/aromatic N) is 2. The molecule has 5 heteroatoms. The zero-order chi connectivity index (χ0) is 19.4. The summed E-state index contributed by atoms with van der Waals surface area (Å²) in [6, 6.07) is 13.6. The van der Waals surface area contributed by atoms with Gasteiger partial charge in [0.1, 0.15) is 5.82 Å². The SMILES string of the molecule is C=C/C=C(C)\C=C(/C)NC1=Nc2ccc(F)cc2C(O)N1c1ccccc1. The molecule has 1 aliphatic rings. The van der Waals surface area contributed by atoms with Crippen LogP contribution < -0.4 is 10.2 Å². The van der Waals surface area contributed by atoms with Gasteiger partial charge in [-0.05, 0) is 55.8 Å². The highest BCUT2D eigenvalue weighted by Crippen LogP contribution is 2.36. The van der Waals surface area contributed by atoms with Gasteiger partial charge in [-0.3, -0.25) is 4.90 Å². The van der Waals surface area contributed by atoms with E-state index in [1.165, 1.54) is 12.1 Å². The summed E-state index contributed by atoms with van der Waals surface area (Å²) in [6.45, 7) is 7.58. The number of fused-ring (bicyclic) bond motifs is 1. The normalized spacial score (nSPS) is 17.3. The Morgan fingerprint density at radius 1 is 1.22 bits per heavy atom. The van der Waals surface area contributed by atoms with Gasteiger partial charge in [-0.2, -0.15) is 0 Å². The lowest BCUT2D eigenvalue weighted by atomic mass is 10.1. The fourth-order valence-corrected chi connectivity index (χ4v) is 2.99. The molecule has 2 aromatic carbocycles. The molecule has 138 valence electrons. The number of hydrogen-bond donors (Lipinski definition) is 2. The molecular weight excluding hydrogens is 341 g/mol. The van der Waals surface area contributed by atoms with E-state index in [0.29, 0.717) is 17.2 Å². The highest BCUT2D eigenvalue weighted by molar-refractivity contribution is 6.00. The summed E-state index contributed by atoms with van der Waals surface area (Å²) in [6.07, 6.45) is 4.52. The second-order valence-electron chi connectivity index (χ2n) is 6.32. The zero-order valence-corrected chi connectivity index (χ0v) is 15.4. The summed E-state index contributed by atoms with van der Waals surface area (Å²) in [5, 5.41) is 14.2. The van der Waals surface area contributed by atoms with Gasteiger partial charge in [-0.25, -0.2) is 9.38 Å². The molecule has 4 nitrogen and oxygen atoms in total. The number of para-hydroxylation sites is 1. The number of rotatable bonds is 4. The fourth-order valence-electron chi connectivity index (χ4n) is 2.99. The van der Waals surface area contributed by atoms with E-state index in [2.05, 4.69) is 16.9 Å². The fraction of sp³-hybridized carbons (Fsp3) is 0.136. The third-order valence-corrected chi connectivity index (χ3v) is 4.14. The summed E-state index contributed by atoms with van der Waals surface area (Å²) >= 11 is 0. The molecule has 3 rings (SSSR count). The Hall–Kier alpha value is -3.18. The summed E-state index contributed by atoms with van der Waals surface area (Å²) < 4.78 is 13.7. The third kappa shape index (κ3) is 4.15. The topological polar surface area (TPSA) is 47.9 Å². The van der Waals surface area contributed by atoms with Crippen LogP contribution in [0.4, 0.5) is 15.8 Å². The van der Waals surface area contributed by atoms with E-state index < -0.39 is 12.0 Å². The first-order valence-electron chi connectivity index (χ1n) is 8.64. The molecule has 27 heavy (non-hydrogen) atoms. The first-order chi connectivity index (χ1) is 13.0. The molecule has 0 aliphatic carbocycles. The number of benzene rings is 2. The van der Waals surface area contributed by atoms with Crippen molar-refractivity contribution in [2.45, 2.75) is 20.1 Å². The zero-order valence-electron chi connectivity index (χ0n) is 15.4. The quantitative estimate of drug-likeness (QED) is 0.756. The average molecular weight is 363 g/mol. The van der Waals surface area contributed by atoms with Crippen LogP contribution in [0.1, 0.15) is 25.6 Å². The minimum absolute atomic E-state index is 0.409. The number of allylic oxidation sites excluding steroid dienone is 5. The number of aliphatic imine (C=N–C) groups is 1. The second-order valence-corrected chi connectivity index (χ2v) is 6.32. The molecule has 0 bridgehead atoms. The molecule has 0 aromatic heterocycles. The van der Waals surface area contributed by atoms with Crippen LogP contribution in [0.15, 0.2) is 89.6 Å². The number of nitrogens with one attached hydrogen (secondary N) is 1. The van der Waals surface area contributed by atoms with Crippen LogP contribution >= 0.6 is 0 Å². The molecule has 0 radical (unpaired) electrons. The summed E-state index contributed by atoms with van der Waals surface area (Å²) in [5.74, 6) is 0.0571. The Balaban J connectivity index is 2.05. The van der Waals surface area contributed by atoms with E-state index >= 15 is 0 Å². The standard InChI is InChI=1S/C22H22FN3O/c1-4-8-15(2)13-16(3)24-22-25-20-12-11-17(23)14-19(20)21(27)26(22)18-9-6-5-7-10-18/h4-14,21,27H,1H2,2-3H3,(H,24,25)/b15-8-,16-13+. The number of aliphatic hydroxyl groups is 1. The maximum absolute atomic E-state index is 13.7. The average Bonchev–Trinajstić information content (AvgIpc) is 2.63. The predicted octanol–water partition coefficient (Wildman–Crippen LogP) is 4.95. The molecule has 2 aromatic rings. The van der Waals surface area contributed by atoms with E-state index in [0.717, 1.165) is 17.0 Å². The summed E-state index contributed by atoms with van der Waals surface area (Å²) in [4.78, 5) is 6.26. The second kappa shape index (κ2) is 8.01. The first-order valence-corrected chi connectivity index (χ1v) is 8.64. The molecule has 1 atom stereocenters. The number of hydrogen-bond acceptors (Lipinski definition) is 4. The maximum Gasteiger partial charge on any atom is 0.210 e. The third-order valence-electron chi connectivity index (χ3n) is 4.14. The Kier molecular flexibility index (Phi) is 5.52. The first kappa shape index (κ1) is 18.6. The molecule has 1 aliphatic heterocycles. The van der Waals surface area contributed by atoms with Crippen LogP contribution in [0.25, 0.3) is 0 Å². The van der Waals surface area contributed by atoms with Gasteiger partial charge in [0, 0.05) is 16.9 Å². The van der Waals surface area contributed by atoms with Crippen molar-refractivity contribution in [1.82, 2.24) is 5.32 Å². The Labute approximate surface area is 158 Å². The molecule has 1 heterocycles. The molecule has 0 saturated carbocycles. The largest absolute Gasteiger partial charge is 0.369 e. The lowest BCUT2D eigenvalue weighted by Gasteiger charge is -2.35. The highest BCUT2D eigenvalue weighted by Gasteiger charge is 2.30. The number of guanidine groups is 1. The van der Waals surface area contributed by atoms with E-state index in [1.54, 1.807) is 17.0 Å². The van der Waals surface area contributed by atoms with Gasteiger partial charge >= 0.3 is 0 Å². The van der Waals surface area contributed by atoms with Crippen LogP contribution in [-0.4, -0.2) is 11.1 Å². The number of anilines is 1. The Bertz CT molecular complexity index is 932. The Morgan fingerprint density at radius 2 is 1.96 bits per heavy atom. The number of halogens is 1. The summed E-state index contributed by atoms with van der Waals surface area (Å²) in [7, 11) is 0. The minimum atomic E-state index is -1.06. The molecule has 0 saturated heterocycles. The van der Waals surface area contributed by atoms with Crippen molar-refractivity contribution in [3.8, 4) is 0 Å². The lowest BCUT2D eigenvalue weighted by molar-refractivity contribution is 0.185. The predicted molar refractivity (Wildman–Crippen MR) is 108 cm³/mol. The van der Waals surface area contributed by atoms with Crippen LogP contribution in [0.5, 0.6) is 0 Å². The minimum Gasteiger partial charge on any atom is -0.369 e. The Morgan fingerprint density at radius 3 is 2.67 bits per heavy atom. The van der Waals surface area contributed by atoms with Crippen molar-refractivity contribution in [3.05, 3.63) is 96.0 Å². The summed E-state index contributed by atoms with van der Waals surface area (Å²) in [5.41, 5.74) is 3.58. The van der Waals surface area contributed by atoms with Gasteiger partial charge in [-0.15, -0.1) is 0 Å². The van der Waals surface area contributed by atoms with E-state index in [1.807, 2.05) is 56.3 Å². The molecule has 0 fully saturated rings. The maximum atomic E-state index is 13.7.